The number of nitrogens with zero attached hydrogens (tertiary/aromatic N) is 1. The quantitative estimate of drug-likeness (QED) is 0.181. The molecule has 0 aliphatic heterocycles. The second-order valence-electron chi connectivity index (χ2n) is 8.77. The van der Waals surface area contributed by atoms with Crippen molar-refractivity contribution >= 4 is 23.2 Å². The zero-order valence-corrected chi connectivity index (χ0v) is 23.5. The van der Waals surface area contributed by atoms with Crippen molar-refractivity contribution in [3.63, 3.8) is 0 Å². The van der Waals surface area contributed by atoms with Gasteiger partial charge in [-0.2, -0.15) is 0 Å². The van der Waals surface area contributed by atoms with Gasteiger partial charge in [0.25, 0.3) is 0 Å². The fourth-order valence-corrected chi connectivity index (χ4v) is 4.36. The van der Waals surface area contributed by atoms with Gasteiger partial charge in [-0.3, -0.25) is 4.99 Å². The van der Waals surface area contributed by atoms with Crippen LogP contribution in [0.3, 0.4) is 0 Å². The van der Waals surface area contributed by atoms with Crippen LogP contribution in [-0.4, -0.2) is 17.4 Å². The first-order valence-electron chi connectivity index (χ1n) is 11.6. The Morgan fingerprint density at radius 2 is 1.29 bits per heavy atom. The molecule has 0 saturated heterocycles. The molecule has 0 atom stereocenters. The van der Waals surface area contributed by atoms with Gasteiger partial charge >= 0.3 is 37.9 Å². The topological polar surface area (TPSA) is 32.6 Å². The minimum atomic E-state index is -0.826. The van der Waals surface area contributed by atoms with Crippen LogP contribution in [0.2, 0.25) is 0 Å². The zero-order valence-electron chi connectivity index (χ0n) is 19.5. The summed E-state index contributed by atoms with van der Waals surface area (Å²) in [5.41, 5.74) is 5.60. The number of aliphatic imine (C=N–C) groups is 1. The molecule has 0 spiro atoms. The first-order valence-corrected chi connectivity index (χ1v) is 17.9. The number of hydrogen-bond acceptors (Lipinski definition) is 2. The average Bonchev–Trinajstić information content (AvgIpc) is 3.74. The molecule has 1 N–H and O–H groups in total. The summed E-state index contributed by atoms with van der Waals surface area (Å²) in [7, 11) is 9.87. The maximum absolute atomic E-state index is 11.6. The molecule has 0 bridgehead atoms. The van der Waals surface area contributed by atoms with E-state index >= 15 is 0 Å². The van der Waals surface area contributed by atoms with Crippen LogP contribution < -0.4 is 0 Å². The molecule has 35 heavy (non-hydrogen) atoms. The molecule has 0 aromatic heterocycles. The van der Waals surface area contributed by atoms with Crippen molar-refractivity contribution in [1.82, 2.24) is 0 Å². The maximum atomic E-state index is 11.6. The number of phenols is 1. The molecule has 4 aromatic rings. The summed E-state index contributed by atoms with van der Waals surface area (Å²) < 4.78 is 0. The van der Waals surface area contributed by atoms with Gasteiger partial charge in [-0.25, -0.2) is 0 Å². The van der Waals surface area contributed by atoms with Crippen LogP contribution in [0.25, 0.3) is 11.1 Å². The van der Waals surface area contributed by atoms with Crippen LogP contribution in [0.15, 0.2) is 108 Å². The predicted molar refractivity (Wildman–Crippen MR) is 144 cm³/mol. The van der Waals surface area contributed by atoms with Gasteiger partial charge in [0.15, 0.2) is 0 Å². The Kier molecular flexibility index (Phi) is 9.01. The Labute approximate surface area is 226 Å². The molecule has 5 heteroatoms. The van der Waals surface area contributed by atoms with Crippen LogP contribution in [0.1, 0.15) is 42.0 Å². The molecule has 2 nitrogen and oxygen atoms in total. The fourth-order valence-electron chi connectivity index (χ4n) is 4.36. The van der Waals surface area contributed by atoms with E-state index < -0.39 is 26.3 Å². The summed E-state index contributed by atoms with van der Waals surface area (Å²) >= 11 is -0.826. The molecule has 1 aliphatic rings. The van der Waals surface area contributed by atoms with E-state index in [-0.39, 0.29) is 0 Å². The molecule has 0 amide bonds. The first-order chi connectivity index (χ1) is 17.1. The van der Waals surface area contributed by atoms with Crippen LogP contribution in [0.4, 0.5) is 0 Å². The molecule has 5 rings (SSSR count). The second-order valence-corrected chi connectivity index (χ2v) is 12.5. The van der Waals surface area contributed by atoms with Gasteiger partial charge in [-0.15, -0.1) is 0 Å². The summed E-state index contributed by atoms with van der Waals surface area (Å²) in [5.74, 6) is 0.296. The molecule has 1 aliphatic carbocycles. The number of rotatable bonds is 6. The van der Waals surface area contributed by atoms with Crippen LogP contribution in [-0.2, 0) is 26.3 Å². The molecule has 0 heterocycles. The van der Waals surface area contributed by atoms with E-state index in [4.69, 9.17) is 17.0 Å². The third-order valence-corrected chi connectivity index (χ3v) is 6.46. The third kappa shape index (κ3) is 6.15. The zero-order chi connectivity index (χ0) is 24.7. The Bertz CT molecular complexity index is 1220. The van der Waals surface area contributed by atoms with Gasteiger partial charge in [-0.05, 0) is 54.2 Å². The molecule has 176 valence electrons. The van der Waals surface area contributed by atoms with Gasteiger partial charge in [0.1, 0.15) is 5.75 Å². The Morgan fingerprint density at radius 3 is 1.77 bits per heavy atom. The van der Waals surface area contributed by atoms with Crippen molar-refractivity contribution < 1.29 is 26.0 Å². The molecule has 1 fully saturated rings. The second kappa shape index (κ2) is 12.2. The summed E-state index contributed by atoms with van der Waals surface area (Å²) in [6.07, 6.45) is 4.13. The molecule has 0 radical (unpaired) electrons. The van der Waals surface area contributed by atoms with E-state index in [2.05, 4.69) is 84.7 Å². The van der Waals surface area contributed by atoms with E-state index in [0.717, 1.165) is 46.2 Å². The van der Waals surface area contributed by atoms with Crippen molar-refractivity contribution in [3.8, 4) is 16.9 Å². The Morgan fingerprint density at radius 1 is 0.800 bits per heavy atom. The van der Waals surface area contributed by atoms with E-state index in [0.29, 0.717) is 11.8 Å². The average molecular weight is 580 g/mol. The molecular formula is C30H27Cl2NOZr. The first kappa shape index (κ1) is 25.9. The number of hydrogen-bond donors (Lipinski definition) is 1. The Hall–Kier alpha value is -2.19. The summed E-state index contributed by atoms with van der Waals surface area (Å²) in [6, 6.07) is 35.8. The number of halogens is 2. The number of benzene rings is 4. The Balaban J connectivity index is 0.000000917. The SMILES string of the molecule is CC(c1ccccc1)(c1ccccc1)c1cc(-c2ccccc2)cc(C=NC2CC2)c1O.[Cl][Zr][Cl]. The van der Waals surface area contributed by atoms with Crippen LogP contribution in [0.5, 0.6) is 5.75 Å². The van der Waals surface area contributed by atoms with Crippen molar-refractivity contribution in [2.24, 2.45) is 4.99 Å². The van der Waals surface area contributed by atoms with E-state index in [1.807, 2.05) is 36.5 Å². The van der Waals surface area contributed by atoms with Crippen molar-refractivity contribution in [1.29, 1.82) is 0 Å². The predicted octanol–water partition coefficient (Wildman–Crippen LogP) is 8.37. The van der Waals surface area contributed by atoms with Gasteiger partial charge in [0.2, 0.25) is 0 Å². The van der Waals surface area contributed by atoms with Gasteiger partial charge in [0, 0.05) is 22.8 Å². The van der Waals surface area contributed by atoms with Crippen LogP contribution in [0, 0.1) is 0 Å². The minimum absolute atomic E-state index is 0.296. The van der Waals surface area contributed by atoms with E-state index in [1.165, 1.54) is 0 Å². The number of phenolic OH excluding ortho intramolecular Hbond substituents is 1. The van der Waals surface area contributed by atoms with Gasteiger partial charge in [-0.1, -0.05) is 91.0 Å². The van der Waals surface area contributed by atoms with Gasteiger partial charge < -0.3 is 5.11 Å². The standard InChI is InChI=1S/C30H27NO.2ClH.Zr/c1-30(25-13-7-3-8-14-25,26-15-9-4-10-16-26)28-20-23(22-11-5-2-6-12-22)19-24(29(28)32)21-31-27-17-18-27;;;/h2-16,19-21,27,32H,17-18H2,1H3;2*1H;/q;;;+2/p-2. The summed E-state index contributed by atoms with van der Waals surface area (Å²) in [4.78, 5) is 4.69. The summed E-state index contributed by atoms with van der Waals surface area (Å²) in [6.45, 7) is 2.20. The molecular weight excluding hydrogens is 552 g/mol. The number of aromatic hydroxyl groups is 1. The third-order valence-electron chi connectivity index (χ3n) is 6.46. The fraction of sp³-hybridized carbons (Fsp3) is 0.167. The molecule has 1 saturated carbocycles. The molecule has 4 aromatic carbocycles. The van der Waals surface area contributed by atoms with Crippen molar-refractivity contribution in [2.45, 2.75) is 31.2 Å². The van der Waals surface area contributed by atoms with Crippen molar-refractivity contribution in [2.75, 3.05) is 0 Å². The normalized spacial score (nSPS) is 13.2. The van der Waals surface area contributed by atoms with Gasteiger partial charge in [0.05, 0.1) is 6.04 Å². The van der Waals surface area contributed by atoms with Crippen molar-refractivity contribution in [3.05, 3.63) is 125 Å². The summed E-state index contributed by atoms with van der Waals surface area (Å²) in [5, 5.41) is 11.6. The molecule has 0 unspecified atom stereocenters. The van der Waals surface area contributed by atoms with E-state index in [1.54, 1.807) is 0 Å². The monoisotopic (exact) mass is 577 g/mol. The van der Waals surface area contributed by atoms with Crippen LogP contribution >= 0.6 is 17.0 Å². The van der Waals surface area contributed by atoms with E-state index in [9.17, 15) is 5.11 Å².